The van der Waals surface area contributed by atoms with Crippen LogP contribution < -0.4 is 9.80 Å². The fraction of sp³-hybridized carbons (Fsp3) is 0.444. The van der Waals surface area contributed by atoms with Gasteiger partial charge in [0.05, 0.1) is 13.0 Å². The Hall–Kier alpha value is -1.98. The van der Waals surface area contributed by atoms with Gasteiger partial charge in [0.2, 0.25) is 5.91 Å². The number of carbonyl (C=O) groups is 2. The van der Waals surface area contributed by atoms with E-state index in [1.807, 2.05) is 18.2 Å². The van der Waals surface area contributed by atoms with Crippen LogP contribution in [0, 0.1) is 0 Å². The van der Waals surface area contributed by atoms with Crippen molar-refractivity contribution in [2.45, 2.75) is 12.5 Å². The molecule has 0 aliphatic carbocycles. The number of hydrogen-bond donors (Lipinski definition) is 2. The van der Waals surface area contributed by atoms with Gasteiger partial charge in [-0.1, -0.05) is 36.4 Å². The fourth-order valence-corrected chi connectivity index (χ4v) is 3.48. The first kappa shape index (κ1) is 15.9. The van der Waals surface area contributed by atoms with Gasteiger partial charge in [0.25, 0.3) is 5.91 Å². The zero-order chi connectivity index (χ0) is 16.2. The Morgan fingerprint density at radius 2 is 1.83 bits per heavy atom. The van der Waals surface area contributed by atoms with Crippen molar-refractivity contribution in [3.63, 3.8) is 0 Å². The minimum absolute atomic E-state index is 0.00239. The van der Waals surface area contributed by atoms with E-state index in [1.54, 1.807) is 11.9 Å². The maximum atomic E-state index is 12.1. The summed E-state index contributed by atoms with van der Waals surface area (Å²) < 4.78 is 0. The molecule has 3 rings (SSSR count). The van der Waals surface area contributed by atoms with Crippen LogP contribution in [0.25, 0.3) is 6.08 Å². The molecule has 5 heteroatoms. The van der Waals surface area contributed by atoms with Crippen molar-refractivity contribution >= 4 is 17.9 Å². The highest BCUT2D eigenvalue weighted by atomic mass is 16.2. The van der Waals surface area contributed by atoms with Crippen LogP contribution >= 0.6 is 0 Å². The van der Waals surface area contributed by atoms with Crippen LogP contribution in [0.2, 0.25) is 0 Å². The highest BCUT2D eigenvalue weighted by Gasteiger charge is 2.44. The molecule has 0 unspecified atom stereocenters. The average molecular weight is 315 g/mol. The summed E-state index contributed by atoms with van der Waals surface area (Å²) in [5.74, 6) is -0.0366. The van der Waals surface area contributed by atoms with E-state index in [-0.39, 0.29) is 17.9 Å². The molecule has 0 bridgehead atoms. The Labute approximate surface area is 137 Å². The van der Waals surface area contributed by atoms with Gasteiger partial charge in [0.15, 0.2) is 6.04 Å². The van der Waals surface area contributed by atoms with Gasteiger partial charge in [-0.2, -0.15) is 0 Å². The number of imide groups is 1. The molecule has 2 saturated heterocycles. The summed E-state index contributed by atoms with van der Waals surface area (Å²) in [6, 6.07) is 10.2. The molecule has 23 heavy (non-hydrogen) atoms. The summed E-state index contributed by atoms with van der Waals surface area (Å²) in [6.45, 7) is 5.05. The topological polar surface area (TPSA) is 46.3 Å². The van der Waals surface area contributed by atoms with Crippen molar-refractivity contribution in [1.82, 2.24) is 4.90 Å². The lowest BCUT2D eigenvalue weighted by Gasteiger charge is -2.31. The molecule has 2 fully saturated rings. The molecule has 122 valence electrons. The molecule has 2 heterocycles. The van der Waals surface area contributed by atoms with E-state index in [9.17, 15) is 9.59 Å². The van der Waals surface area contributed by atoms with Gasteiger partial charge in [-0.05, 0) is 11.6 Å². The highest BCUT2D eigenvalue weighted by molar-refractivity contribution is 6.04. The predicted octanol–water partition coefficient (Wildman–Crippen LogP) is -1.76. The van der Waals surface area contributed by atoms with E-state index < -0.39 is 0 Å². The number of hydrogen-bond acceptors (Lipinski definition) is 2. The molecule has 0 aromatic heterocycles. The molecule has 2 aliphatic rings. The van der Waals surface area contributed by atoms with E-state index in [0.29, 0.717) is 6.42 Å². The van der Waals surface area contributed by atoms with Crippen LogP contribution in [0.5, 0.6) is 0 Å². The van der Waals surface area contributed by atoms with E-state index >= 15 is 0 Å². The number of nitrogens with zero attached hydrogens (tertiary/aromatic N) is 1. The second-order valence-corrected chi connectivity index (χ2v) is 6.47. The molecule has 1 aromatic rings. The molecule has 2 N–H and O–H groups in total. The van der Waals surface area contributed by atoms with Crippen LogP contribution in [0.15, 0.2) is 36.4 Å². The van der Waals surface area contributed by atoms with Gasteiger partial charge >= 0.3 is 0 Å². The van der Waals surface area contributed by atoms with Crippen LogP contribution in [0.3, 0.4) is 0 Å². The van der Waals surface area contributed by atoms with E-state index in [1.165, 1.54) is 15.4 Å². The molecular formula is C18H25N3O2+2. The molecule has 2 aliphatic heterocycles. The van der Waals surface area contributed by atoms with Crippen molar-refractivity contribution in [2.24, 2.45) is 0 Å². The Morgan fingerprint density at radius 3 is 2.43 bits per heavy atom. The number of nitrogens with one attached hydrogen (secondary N) is 2. The Balaban J connectivity index is 1.46. The Kier molecular flexibility index (Phi) is 4.88. The van der Waals surface area contributed by atoms with Gasteiger partial charge in [0.1, 0.15) is 26.2 Å². The third-order valence-electron chi connectivity index (χ3n) is 4.99. The van der Waals surface area contributed by atoms with Gasteiger partial charge in [-0.15, -0.1) is 0 Å². The SMILES string of the molecule is CN1C(=O)C[C@H]([NH+]2CC[NH+](C/C=C/c3ccccc3)CC2)C1=O. The first-order valence-corrected chi connectivity index (χ1v) is 8.35. The molecule has 5 nitrogen and oxygen atoms in total. The lowest BCUT2D eigenvalue weighted by Crippen LogP contribution is -3.30. The zero-order valence-electron chi connectivity index (χ0n) is 13.6. The molecule has 0 saturated carbocycles. The van der Waals surface area contributed by atoms with Crippen LogP contribution in [0.4, 0.5) is 0 Å². The van der Waals surface area contributed by atoms with Crippen molar-refractivity contribution in [2.75, 3.05) is 39.8 Å². The quantitative estimate of drug-likeness (QED) is 0.647. The number of benzene rings is 1. The molecule has 0 radical (unpaired) electrons. The number of carbonyl (C=O) groups excluding carboxylic acids is 2. The summed E-state index contributed by atoms with van der Waals surface area (Å²) >= 11 is 0. The first-order chi connectivity index (χ1) is 11.1. The van der Waals surface area contributed by atoms with E-state index in [2.05, 4.69) is 24.3 Å². The zero-order valence-corrected chi connectivity index (χ0v) is 13.6. The van der Waals surface area contributed by atoms with E-state index in [0.717, 1.165) is 32.7 Å². The normalized spacial score (nSPS) is 28.7. The van der Waals surface area contributed by atoms with Gasteiger partial charge in [0, 0.05) is 7.05 Å². The predicted molar refractivity (Wildman–Crippen MR) is 87.9 cm³/mol. The Morgan fingerprint density at radius 1 is 1.13 bits per heavy atom. The third-order valence-corrected chi connectivity index (χ3v) is 4.99. The van der Waals surface area contributed by atoms with Gasteiger partial charge < -0.3 is 9.80 Å². The average Bonchev–Trinajstić information content (AvgIpc) is 2.84. The highest BCUT2D eigenvalue weighted by Crippen LogP contribution is 2.07. The largest absolute Gasteiger partial charge is 0.322 e. The summed E-state index contributed by atoms with van der Waals surface area (Å²) in [4.78, 5) is 27.9. The van der Waals surface area contributed by atoms with Crippen molar-refractivity contribution < 1.29 is 19.4 Å². The smallest absolute Gasteiger partial charge is 0.287 e. The van der Waals surface area contributed by atoms with Crippen molar-refractivity contribution in [3.8, 4) is 0 Å². The van der Waals surface area contributed by atoms with Crippen LogP contribution in [-0.2, 0) is 9.59 Å². The first-order valence-electron chi connectivity index (χ1n) is 8.35. The monoisotopic (exact) mass is 315 g/mol. The Bertz CT molecular complexity index is 592. The number of piperazine rings is 1. The fourth-order valence-electron chi connectivity index (χ4n) is 3.48. The van der Waals surface area contributed by atoms with E-state index in [4.69, 9.17) is 0 Å². The summed E-state index contributed by atoms with van der Waals surface area (Å²) in [5, 5.41) is 0. The van der Waals surface area contributed by atoms with Gasteiger partial charge in [-0.3, -0.25) is 14.5 Å². The number of likely N-dealkylation sites (N-methyl/N-ethyl adjacent to an activating group) is 1. The number of rotatable bonds is 4. The lowest BCUT2D eigenvalue weighted by atomic mass is 10.1. The lowest BCUT2D eigenvalue weighted by molar-refractivity contribution is -1.02. The summed E-state index contributed by atoms with van der Waals surface area (Å²) in [5.41, 5.74) is 1.23. The molecule has 0 spiro atoms. The second-order valence-electron chi connectivity index (χ2n) is 6.47. The summed E-state index contributed by atoms with van der Waals surface area (Å²) in [6.07, 6.45) is 4.78. The van der Waals surface area contributed by atoms with Crippen molar-refractivity contribution in [3.05, 3.63) is 42.0 Å². The minimum Gasteiger partial charge on any atom is -0.322 e. The second kappa shape index (κ2) is 7.06. The standard InChI is InChI=1S/C18H23N3O2/c1-19-17(22)14-16(18(19)23)21-12-10-20(11-13-21)9-5-8-15-6-3-2-4-7-15/h2-8,16H,9-14H2,1H3/p+2/b8-5+/t16-/m0/s1. The minimum atomic E-state index is -0.145. The molecule has 2 amide bonds. The number of amides is 2. The summed E-state index contributed by atoms with van der Waals surface area (Å²) in [7, 11) is 1.60. The molecule has 1 aromatic carbocycles. The maximum absolute atomic E-state index is 12.1. The number of likely N-dealkylation sites (tertiary alicyclic amines) is 1. The molecule has 1 atom stereocenters. The maximum Gasteiger partial charge on any atom is 0.287 e. The van der Waals surface area contributed by atoms with Crippen LogP contribution in [-0.4, -0.2) is 62.5 Å². The van der Waals surface area contributed by atoms with Crippen molar-refractivity contribution in [1.29, 1.82) is 0 Å². The van der Waals surface area contributed by atoms with Crippen LogP contribution in [0.1, 0.15) is 12.0 Å². The number of quaternary nitrogens is 2. The van der Waals surface area contributed by atoms with Gasteiger partial charge in [-0.25, -0.2) is 0 Å². The molecular weight excluding hydrogens is 290 g/mol. The third kappa shape index (κ3) is 3.68.